The first-order chi connectivity index (χ1) is 9.45. The summed E-state index contributed by atoms with van der Waals surface area (Å²) in [7, 11) is 0. The van der Waals surface area contributed by atoms with E-state index >= 15 is 0 Å². The second-order valence-corrected chi connectivity index (χ2v) is 4.37. The Labute approximate surface area is 121 Å². The summed E-state index contributed by atoms with van der Waals surface area (Å²) >= 11 is 4.81. The molecule has 2 amide bonds. The second kappa shape index (κ2) is 7.53. The third-order valence-corrected chi connectivity index (χ3v) is 2.77. The molecular weight excluding hydrogens is 280 g/mol. The maximum Gasteiger partial charge on any atom is 0.256 e. The van der Waals surface area contributed by atoms with Crippen molar-refractivity contribution in [1.82, 2.24) is 5.32 Å². The first-order valence-corrected chi connectivity index (χ1v) is 6.21. The Hall–Kier alpha value is -2.03. The number of anilines is 1. The van der Waals surface area contributed by atoms with Crippen LogP contribution in [-0.2, 0) is 4.79 Å². The molecule has 0 radical (unpaired) electrons. The van der Waals surface area contributed by atoms with Crippen molar-refractivity contribution in [2.45, 2.75) is 6.04 Å². The van der Waals surface area contributed by atoms with Gasteiger partial charge in [-0.25, -0.2) is 0 Å². The fourth-order valence-electron chi connectivity index (χ4n) is 1.33. The number of aliphatic hydroxyl groups excluding tert-OH is 1. The SMILES string of the molecule is NC(=O)C(N)C(=S)NC(=O)c1ccc(NCCO)cc1. The summed E-state index contributed by atoms with van der Waals surface area (Å²) in [6, 6.07) is 5.32. The van der Waals surface area contributed by atoms with Gasteiger partial charge in [0.1, 0.15) is 11.0 Å². The lowest BCUT2D eigenvalue weighted by molar-refractivity contribution is -0.117. The maximum atomic E-state index is 11.8. The van der Waals surface area contributed by atoms with Gasteiger partial charge in [-0.15, -0.1) is 0 Å². The molecule has 0 saturated heterocycles. The van der Waals surface area contributed by atoms with E-state index < -0.39 is 17.9 Å². The lowest BCUT2D eigenvalue weighted by Gasteiger charge is -2.11. The van der Waals surface area contributed by atoms with Crippen molar-refractivity contribution in [3.05, 3.63) is 29.8 Å². The minimum absolute atomic E-state index is 0.0154. The van der Waals surface area contributed by atoms with Crippen LogP contribution in [-0.4, -0.2) is 41.1 Å². The summed E-state index contributed by atoms with van der Waals surface area (Å²) in [5.74, 6) is -1.28. The molecule has 7 nitrogen and oxygen atoms in total. The van der Waals surface area contributed by atoms with E-state index in [0.717, 1.165) is 5.69 Å². The van der Waals surface area contributed by atoms with Crippen molar-refractivity contribution < 1.29 is 14.7 Å². The molecule has 7 N–H and O–H groups in total. The molecule has 1 atom stereocenters. The van der Waals surface area contributed by atoms with Crippen LogP contribution in [0.1, 0.15) is 10.4 Å². The minimum Gasteiger partial charge on any atom is -0.395 e. The van der Waals surface area contributed by atoms with E-state index in [2.05, 4.69) is 10.6 Å². The number of rotatable bonds is 6. The first kappa shape index (κ1) is 16.0. The first-order valence-electron chi connectivity index (χ1n) is 5.80. The molecule has 0 aliphatic rings. The summed E-state index contributed by atoms with van der Waals surface area (Å²) in [6.07, 6.45) is 0. The molecule has 0 heterocycles. The van der Waals surface area contributed by atoms with Crippen molar-refractivity contribution >= 4 is 34.7 Å². The predicted octanol–water partition coefficient (Wildman–Crippen LogP) is -1.04. The number of thiocarbonyl (C=S) groups is 1. The third kappa shape index (κ3) is 4.57. The van der Waals surface area contributed by atoms with Crippen LogP contribution in [0, 0.1) is 0 Å². The monoisotopic (exact) mass is 296 g/mol. The summed E-state index contributed by atoms with van der Waals surface area (Å²) in [5, 5.41) is 14.0. The average Bonchev–Trinajstić information content (AvgIpc) is 2.44. The van der Waals surface area contributed by atoms with E-state index in [1.165, 1.54) is 0 Å². The second-order valence-electron chi connectivity index (χ2n) is 3.93. The average molecular weight is 296 g/mol. The van der Waals surface area contributed by atoms with Crippen LogP contribution >= 0.6 is 12.2 Å². The Kier molecular flexibility index (Phi) is 6.04. The van der Waals surface area contributed by atoms with E-state index in [4.69, 9.17) is 28.8 Å². The van der Waals surface area contributed by atoms with Gasteiger partial charge in [-0.1, -0.05) is 12.2 Å². The van der Waals surface area contributed by atoms with Gasteiger partial charge >= 0.3 is 0 Å². The van der Waals surface area contributed by atoms with Gasteiger partial charge in [-0.2, -0.15) is 0 Å². The van der Waals surface area contributed by atoms with Crippen LogP contribution < -0.4 is 22.1 Å². The predicted molar refractivity (Wildman–Crippen MR) is 79.3 cm³/mol. The zero-order valence-corrected chi connectivity index (χ0v) is 11.4. The van der Waals surface area contributed by atoms with Crippen molar-refractivity contribution in [3.8, 4) is 0 Å². The minimum atomic E-state index is -1.19. The van der Waals surface area contributed by atoms with Gasteiger partial charge in [-0.3, -0.25) is 9.59 Å². The van der Waals surface area contributed by atoms with Gasteiger partial charge in [0.25, 0.3) is 5.91 Å². The van der Waals surface area contributed by atoms with Crippen LogP contribution in [0.15, 0.2) is 24.3 Å². The number of aliphatic hydroxyl groups is 1. The third-order valence-electron chi connectivity index (χ3n) is 2.41. The highest BCUT2D eigenvalue weighted by molar-refractivity contribution is 7.80. The highest BCUT2D eigenvalue weighted by Gasteiger charge is 2.18. The topological polar surface area (TPSA) is 130 Å². The Balaban J connectivity index is 2.64. The maximum absolute atomic E-state index is 11.8. The Morgan fingerprint density at radius 1 is 1.30 bits per heavy atom. The lowest BCUT2D eigenvalue weighted by atomic mass is 10.2. The van der Waals surface area contributed by atoms with Crippen molar-refractivity contribution in [1.29, 1.82) is 0 Å². The Morgan fingerprint density at radius 2 is 1.90 bits per heavy atom. The highest BCUT2D eigenvalue weighted by Crippen LogP contribution is 2.09. The number of carbonyl (C=O) groups excluding carboxylic acids is 2. The van der Waals surface area contributed by atoms with Crippen LogP contribution in [0.5, 0.6) is 0 Å². The van der Waals surface area contributed by atoms with E-state index in [-0.39, 0.29) is 11.6 Å². The Bertz CT molecular complexity index is 504. The summed E-state index contributed by atoms with van der Waals surface area (Å²) in [5.41, 5.74) is 11.5. The molecule has 108 valence electrons. The van der Waals surface area contributed by atoms with Crippen LogP contribution in [0.25, 0.3) is 0 Å². The van der Waals surface area contributed by atoms with Gasteiger partial charge in [-0.05, 0) is 24.3 Å². The molecule has 0 aliphatic carbocycles. The molecule has 1 aromatic carbocycles. The standard InChI is InChI=1S/C12H16N4O3S/c13-9(10(14)18)12(20)16-11(19)7-1-3-8(4-2-7)15-5-6-17/h1-4,9,15,17H,5-6,13H2,(H2,14,18)(H,16,19,20). The van der Waals surface area contributed by atoms with Gasteiger partial charge in [0.2, 0.25) is 5.91 Å². The summed E-state index contributed by atoms with van der Waals surface area (Å²) in [4.78, 5) is 22.6. The molecule has 0 spiro atoms. The number of amides is 2. The fraction of sp³-hybridized carbons (Fsp3) is 0.250. The summed E-state index contributed by atoms with van der Waals surface area (Å²) < 4.78 is 0. The molecule has 1 rings (SSSR count). The number of nitrogens with two attached hydrogens (primary N) is 2. The normalized spacial score (nSPS) is 11.5. The fourth-order valence-corrected chi connectivity index (χ4v) is 1.54. The van der Waals surface area contributed by atoms with E-state index in [1.54, 1.807) is 24.3 Å². The summed E-state index contributed by atoms with van der Waals surface area (Å²) in [6.45, 7) is 0.435. The van der Waals surface area contributed by atoms with Gasteiger partial charge in [0, 0.05) is 17.8 Å². The van der Waals surface area contributed by atoms with Crippen LogP contribution in [0.4, 0.5) is 5.69 Å². The molecule has 0 fully saturated rings. The largest absolute Gasteiger partial charge is 0.395 e. The molecule has 1 aromatic rings. The molecular formula is C12H16N4O3S. The molecule has 1 unspecified atom stereocenters. The van der Waals surface area contributed by atoms with E-state index in [1.807, 2.05) is 0 Å². The number of nitrogens with one attached hydrogen (secondary N) is 2. The van der Waals surface area contributed by atoms with Crippen molar-refractivity contribution in [3.63, 3.8) is 0 Å². The molecule has 20 heavy (non-hydrogen) atoms. The smallest absolute Gasteiger partial charge is 0.256 e. The molecule has 8 heteroatoms. The molecule has 0 bridgehead atoms. The number of benzene rings is 1. The van der Waals surface area contributed by atoms with E-state index in [9.17, 15) is 9.59 Å². The van der Waals surface area contributed by atoms with Gasteiger partial charge in [0.15, 0.2) is 0 Å². The van der Waals surface area contributed by atoms with Crippen molar-refractivity contribution in [2.75, 3.05) is 18.5 Å². The quantitative estimate of drug-likeness (QED) is 0.426. The van der Waals surface area contributed by atoms with Crippen LogP contribution in [0.3, 0.4) is 0 Å². The molecule has 0 aromatic heterocycles. The molecule has 0 saturated carbocycles. The highest BCUT2D eigenvalue weighted by atomic mass is 32.1. The van der Waals surface area contributed by atoms with E-state index in [0.29, 0.717) is 12.1 Å². The number of hydrogen-bond acceptors (Lipinski definition) is 6. The number of hydrogen-bond donors (Lipinski definition) is 5. The Morgan fingerprint density at radius 3 is 2.40 bits per heavy atom. The van der Waals surface area contributed by atoms with Gasteiger partial charge < -0.3 is 27.2 Å². The van der Waals surface area contributed by atoms with Crippen LogP contribution in [0.2, 0.25) is 0 Å². The number of primary amides is 1. The zero-order chi connectivity index (χ0) is 15.1. The zero-order valence-electron chi connectivity index (χ0n) is 10.6. The molecule has 0 aliphatic heterocycles. The van der Waals surface area contributed by atoms with Crippen molar-refractivity contribution in [2.24, 2.45) is 11.5 Å². The number of carbonyl (C=O) groups is 2. The lowest BCUT2D eigenvalue weighted by Crippen LogP contribution is -2.49. The van der Waals surface area contributed by atoms with Gasteiger partial charge in [0.05, 0.1) is 6.61 Å².